The molecule has 3 rings (SSSR count). The summed E-state index contributed by atoms with van der Waals surface area (Å²) in [5.41, 5.74) is -0.366. The quantitative estimate of drug-likeness (QED) is 0.464. The molecule has 0 aromatic heterocycles. The minimum atomic E-state index is -4.23. The highest BCUT2D eigenvalue weighted by atomic mass is 32.2. The van der Waals surface area contributed by atoms with E-state index in [2.05, 4.69) is 0 Å². The number of benzene rings is 3. The van der Waals surface area contributed by atoms with Crippen molar-refractivity contribution < 1.29 is 23.0 Å². The van der Waals surface area contributed by atoms with Crippen LogP contribution in [0.25, 0.3) is 0 Å². The third-order valence-corrected chi connectivity index (χ3v) is 5.27. The molecule has 0 amide bonds. The second-order valence-electron chi connectivity index (χ2n) is 5.57. The van der Waals surface area contributed by atoms with Crippen molar-refractivity contribution in [2.75, 3.05) is 4.47 Å². The van der Waals surface area contributed by atoms with Crippen molar-refractivity contribution in [3.63, 3.8) is 0 Å². The fourth-order valence-corrected chi connectivity index (χ4v) is 3.61. The molecular weight excluding hydrogens is 384 g/mol. The van der Waals surface area contributed by atoms with E-state index in [0.29, 0.717) is 4.47 Å². The van der Waals surface area contributed by atoms with E-state index in [1.807, 2.05) is 0 Å². The van der Waals surface area contributed by atoms with Crippen molar-refractivity contribution in [2.24, 2.45) is 0 Å². The molecule has 28 heavy (non-hydrogen) atoms. The number of hydrogen-bond donors (Lipinski definition) is 0. The summed E-state index contributed by atoms with van der Waals surface area (Å²) in [6, 6.07) is 20.1. The van der Waals surface area contributed by atoms with Crippen molar-refractivity contribution in [2.45, 2.75) is 4.90 Å². The number of hydrogen-bond acceptors (Lipinski definition) is 6. The molecule has 0 aliphatic rings. The molecule has 0 fully saturated rings. The van der Waals surface area contributed by atoms with Gasteiger partial charge in [-0.15, -0.1) is 0 Å². The van der Waals surface area contributed by atoms with Crippen LogP contribution in [0, 0.1) is 10.1 Å². The maximum atomic E-state index is 13.0. The predicted molar refractivity (Wildman–Crippen MR) is 101 cm³/mol. The van der Waals surface area contributed by atoms with Gasteiger partial charge < -0.3 is 4.84 Å². The van der Waals surface area contributed by atoms with Gasteiger partial charge in [-0.2, -0.15) is 8.42 Å². The van der Waals surface area contributed by atoms with Crippen LogP contribution in [-0.2, 0) is 14.9 Å². The van der Waals surface area contributed by atoms with Crippen LogP contribution in [-0.4, -0.2) is 19.3 Å². The first kappa shape index (κ1) is 19.1. The molecule has 3 aromatic rings. The van der Waals surface area contributed by atoms with Crippen LogP contribution in [0.5, 0.6) is 0 Å². The molecule has 0 unspecified atom stereocenters. The highest BCUT2D eigenvalue weighted by Gasteiger charge is 2.29. The van der Waals surface area contributed by atoms with E-state index in [4.69, 9.17) is 4.84 Å². The molecule has 142 valence electrons. The van der Waals surface area contributed by atoms with Gasteiger partial charge in [0.15, 0.2) is 0 Å². The SMILES string of the molecule is O=C(ON(c1ccccc1)S(=O)(=O)c1ccccc1)c1cccc([N+](=O)[O-])c1. The van der Waals surface area contributed by atoms with E-state index in [-0.39, 0.29) is 21.8 Å². The van der Waals surface area contributed by atoms with E-state index >= 15 is 0 Å². The lowest BCUT2D eigenvalue weighted by atomic mass is 10.2. The molecule has 0 atom stereocenters. The largest absolute Gasteiger partial charge is 0.364 e. The van der Waals surface area contributed by atoms with Crippen molar-refractivity contribution >= 4 is 27.4 Å². The van der Waals surface area contributed by atoms with Gasteiger partial charge in [0.1, 0.15) is 0 Å². The highest BCUT2D eigenvalue weighted by Crippen LogP contribution is 2.25. The first-order valence-corrected chi connectivity index (χ1v) is 9.46. The fourth-order valence-electron chi connectivity index (χ4n) is 2.35. The van der Waals surface area contributed by atoms with Gasteiger partial charge in [0.05, 0.1) is 21.1 Å². The maximum absolute atomic E-state index is 13.0. The number of nitro benzene ring substituents is 1. The molecule has 0 bridgehead atoms. The summed E-state index contributed by atoms with van der Waals surface area (Å²) in [7, 11) is -4.23. The summed E-state index contributed by atoms with van der Waals surface area (Å²) < 4.78 is 26.5. The van der Waals surface area contributed by atoms with E-state index < -0.39 is 20.9 Å². The minimum Gasteiger partial charge on any atom is -0.320 e. The van der Waals surface area contributed by atoms with Crippen LogP contribution in [0.15, 0.2) is 89.8 Å². The van der Waals surface area contributed by atoms with Crippen molar-refractivity contribution in [1.82, 2.24) is 0 Å². The summed E-state index contributed by atoms with van der Waals surface area (Å²) in [5.74, 6) is -1.05. The first-order valence-electron chi connectivity index (χ1n) is 8.02. The van der Waals surface area contributed by atoms with Gasteiger partial charge in [-0.1, -0.05) is 46.9 Å². The number of rotatable bonds is 6. The summed E-state index contributed by atoms with van der Waals surface area (Å²) in [4.78, 5) is 27.9. The molecule has 0 spiro atoms. The molecule has 8 nitrogen and oxygen atoms in total. The zero-order valence-corrected chi connectivity index (χ0v) is 15.2. The van der Waals surface area contributed by atoms with Crippen LogP contribution < -0.4 is 4.47 Å². The van der Waals surface area contributed by atoms with Crippen LogP contribution >= 0.6 is 0 Å². The lowest BCUT2D eigenvalue weighted by Crippen LogP contribution is -2.33. The molecule has 3 aromatic carbocycles. The average Bonchev–Trinajstić information content (AvgIpc) is 2.73. The van der Waals surface area contributed by atoms with Gasteiger partial charge in [0.2, 0.25) is 0 Å². The number of sulfonamides is 1. The summed E-state index contributed by atoms with van der Waals surface area (Å²) >= 11 is 0. The smallest absolute Gasteiger partial charge is 0.320 e. The monoisotopic (exact) mass is 398 g/mol. The summed E-state index contributed by atoms with van der Waals surface area (Å²) in [6.45, 7) is 0. The Morgan fingerprint density at radius 1 is 0.893 bits per heavy atom. The molecule has 9 heteroatoms. The maximum Gasteiger partial charge on any atom is 0.364 e. The van der Waals surface area contributed by atoms with E-state index in [1.165, 1.54) is 42.5 Å². The van der Waals surface area contributed by atoms with E-state index in [1.54, 1.807) is 36.4 Å². The van der Waals surface area contributed by atoms with Crippen LogP contribution in [0.4, 0.5) is 11.4 Å². The number of nitrogens with zero attached hydrogens (tertiary/aromatic N) is 2. The zero-order chi connectivity index (χ0) is 20.1. The molecular formula is C19H14N2O6S. The normalized spacial score (nSPS) is 10.9. The Hall–Kier alpha value is -3.72. The Morgan fingerprint density at radius 3 is 2.11 bits per heavy atom. The Balaban J connectivity index is 2.00. The third kappa shape index (κ3) is 3.99. The Labute approximate surface area is 160 Å². The van der Waals surface area contributed by atoms with Crippen molar-refractivity contribution in [3.8, 4) is 0 Å². The molecule has 0 saturated heterocycles. The number of para-hydroxylation sites is 1. The van der Waals surface area contributed by atoms with Crippen molar-refractivity contribution in [1.29, 1.82) is 0 Å². The molecule has 0 radical (unpaired) electrons. The molecule has 0 aliphatic carbocycles. The highest BCUT2D eigenvalue weighted by molar-refractivity contribution is 7.92. The van der Waals surface area contributed by atoms with E-state index in [0.717, 1.165) is 6.07 Å². The minimum absolute atomic E-state index is 0.0781. The van der Waals surface area contributed by atoms with Gasteiger partial charge in [-0.3, -0.25) is 10.1 Å². The van der Waals surface area contributed by atoms with Crippen LogP contribution in [0.3, 0.4) is 0 Å². The standard InChI is InChI=1S/C19H14N2O6S/c22-19(15-8-7-11-17(14-15)20(23)24)27-21(16-9-3-1-4-10-16)28(25,26)18-12-5-2-6-13-18/h1-14H. The fraction of sp³-hybridized carbons (Fsp3) is 0. The number of non-ortho nitro benzene ring substituents is 1. The number of carbonyl (C=O) groups is 1. The number of carbonyl (C=O) groups excluding carboxylic acids is 1. The van der Waals surface area contributed by atoms with Gasteiger partial charge in [-0.25, -0.2) is 4.79 Å². The van der Waals surface area contributed by atoms with Gasteiger partial charge >= 0.3 is 5.97 Å². The van der Waals surface area contributed by atoms with Gasteiger partial charge in [-0.05, 0) is 30.3 Å². The van der Waals surface area contributed by atoms with Crippen LogP contribution in [0.1, 0.15) is 10.4 Å². The molecule has 0 aliphatic heterocycles. The summed E-state index contributed by atoms with van der Waals surface area (Å²) in [5, 5.41) is 10.9. The molecule has 0 heterocycles. The Kier molecular flexibility index (Phi) is 5.37. The lowest BCUT2D eigenvalue weighted by molar-refractivity contribution is -0.384. The number of nitro groups is 1. The van der Waals surface area contributed by atoms with Gasteiger partial charge in [0.25, 0.3) is 15.7 Å². The second-order valence-corrected chi connectivity index (χ2v) is 7.32. The first-order chi connectivity index (χ1) is 13.4. The van der Waals surface area contributed by atoms with E-state index in [9.17, 15) is 23.3 Å². The molecule has 0 N–H and O–H groups in total. The third-order valence-electron chi connectivity index (χ3n) is 3.68. The second kappa shape index (κ2) is 7.89. The Morgan fingerprint density at radius 2 is 1.50 bits per heavy atom. The lowest BCUT2D eigenvalue weighted by Gasteiger charge is -2.22. The van der Waals surface area contributed by atoms with Crippen molar-refractivity contribution in [3.05, 3.63) is 101 Å². The van der Waals surface area contributed by atoms with Crippen LogP contribution in [0.2, 0.25) is 0 Å². The topological polar surface area (TPSA) is 107 Å². The summed E-state index contributed by atoms with van der Waals surface area (Å²) in [6.07, 6.45) is 0. The Bertz CT molecular complexity index is 1100. The van der Waals surface area contributed by atoms with Gasteiger partial charge in [0, 0.05) is 12.1 Å². The average molecular weight is 398 g/mol. The molecule has 0 saturated carbocycles. The zero-order valence-electron chi connectivity index (χ0n) is 14.3. The number of anilines is 1. The predicted octanol–water partition coefficient (Wildman–Crippen LogP) is 3.56.